The molecule has 4 amide bonds. The molecule has 55 heavy (non-hydrogen) atoms. The summed E-state index contributed by atoms with van der Waals surface area (Å²) in [7, 11) is -4.02. The monoisotopic (exact) mass is 783 g/mol. The highest BCUT2D eigenvalue weighted by atomic mass is 32.2. The van der Waals surface area contributed by atoms with Gasteiger partial charge in [0.2, 0.25) is 21.8 Å². The first-order chi connectivity index (χ1) is 26.1. The molecule has 1 spiro atoms. The fourth-order valence-electron chi connectivity index (χ4n) is 8.50. The molecule has 6 aliphatic rings. The number of nitrogens with zero attached hydrogens (tertiary/aromatic N) is 2. The molecule has 2 aromatic rings. The van der Waals surface area contributed by atoms with Gasteiger partial charge in [-0.25, -0.2) is 27.0 Å². The molecule has 16 heteroatoms. The summed E-state index contributed by atoms with van der Waals surface area (Å²) in [6.07, 6.45) is 10.1. The summed E-state index contributed by atoms with van der Waals surface area (Å²) in [4.78, 5) is 62.1. The van der Waals surface area contributed by atoms with Crippen molar-refractivity contribution in [2.45, 2.75) is 138 Å². The average molecular weight is 784 g/mol. The Kier molecular flexibility index (Phi) is 9.36. The Morgan fingerprint density at radius 2 is 1.80 bits per heavy atom. The zero-order valence-electron chi connectivity index (χ0n) is 31.0. The first-order valence-electron chi connectivity index (χ1n) is 19.4. The van der Waals surface area contributed by atoms with E-state index in [1.54, 1.807) is 13.8 Å². The maximum atomic E-state index is 14.7. The number of aromatic nitrogens is 1. The number of rotatable bonds is 5. The second kappa shape index (κ2) is 13.7. The fourth-order valence-corrected chi connectivity index (χ4v) is 9.82. The van der Waals surface area contributed by atoms with E-state index in [9.17, 15) is 36.4 Å². The van der Waals surface area contributed by atoms with Gasteiger partial charge in [-0.05, 0) is 90.5 Å². The molecule has 4 heterocycles. The van der Waals surface area contributed by atoms with Gasteiger partial charge in [0.15, 0.2) is 11.6 Å². The summed E-state index contributed by atoms with van der Waals surface area (Å²) in [6.45, 7) is 3.21. The maximum absolute atomic E-state index is 14.7. The number of hydrogen-bond acceptors (Lipinski definition) is 9. The zero-order chi connectivity index (χ0) is 38.9. The highest BCUT2D eigenvalue weighted by Crippen LogP contribution is 2.49. The van der Waals surface area contributed by atoms with Gasteiger partial charge in [-0.3, -0.25) is 19.1 Å². The molecule has 0 unspecified atom stereocenters. The highest BCUT2D eigenvalue weighted by Gasteiger charge is 2.64. The van der Waals surface area contributed by atoms with Crippen molar-refractivity contribution in [2.24, 2.45) is 5.92 Å². The minimum atomic E-state index is -4.02. The predicted molar refractivity (Wildman–Crippen MR) is 195 cm³/mol. The number of halogens is 2. The van der Waals surface area contributed by atoms with Crippen LogP contribution in [0.5, 0.6) is 5.75 Å². The number of aryl methyl sites for hydroxylation is 2. The molecule has 0 bridgehead atoms. The van der Waals surface area contributed by atoms with Gasteiger partial charge in [0.05, 0.1) is 22.5 Å². The Morgan fingerprint density at radius 1 is 1.04 bits per heavy atom. The number of ether oxygens (including phenoxy) is 2. The van der Waals surface area contributed by atoms with Crippen LogP contribution in [0.4, 0.5) is 13.6 Å². The molecule has 8 rings (SSSR count). The van der Waals surface area contributed by atoms with Crippen molar-refractivity contribution in [3.63, 3.8) is 0 Å². The smallest absolute Gasteiger partial charge is 0.408 e. The number of allylic oxidation sites excluding steroid dienone is 1. The van der Waals surface area contributed by atoms with Crippen molar-refractivity contribution in [2.75, 3.05) is 6.54 Å². The van der Waals surface area contributed by atoms with Crippen LogP contribution >= 0.6 is 0 Å². The van der Waals surface area contributed by atoms with Gasteiger partial charge in [-0.1, -0.05) is 25.0 Å². The summed E-state index contributed by atoms with van der Waals surface area (Å²) >= 11 is 0. The first kappa shape index (κ1) is 37.6. The Morgan fingerprint density at radius 3 is 2.53 bits per heavy atom. The number of amides is 4. The van der Waals surface area contributed by atoms with Crippen molar-refractivity contribution in [3.05, 3.63) is 47.2 Å². The molecule has 3 aliphatic heterocycles. The van der Waals surface area contributed by atoms with E-state index < -0.39 is 79.4 Å². The van der Waals surface area contributed by atoms with Gasteiger partial charge in [0, 0.05) is 29.4 Å². The Hall–Kier alpha value is -4.34. The fraction of sp³-hybridized carbons (Fsp3) is 0.615. The Labute approximate surface area is 318 Å². The van der Waals surface area contributed by atoms with Crippen LogP contribution in [-0.4, -0.2) is 82.7 Å². The van der Waals surface area contributed by atoms with Crippen molar-refractivity contribution < 1.29 is 45.9 Å². The quantitative estimate of drug-likeness (QED) is 0.369. The van der Waals surface area contributed by atoms with Crippen LogP contribution in [0.1, 0.15) is 102 Å². The molecule has 3 aliphatic carbocycles. The lowest BCUT2D eigenvalue weighted by Crippen LogP contribution is -2.58. The number of carbonyl (C=O) groups excluding carboxylic acids is 4. The van der Waals surface area contributed by atoms with Gasteiger partial charge in [-0.2, -0.15) is 0 Å². The van der Waals surface area contributed by atoms with Crippen LogP contribution in [0, 0.1) is 24.5 Å². The van der Waals surface area contributed by atoms with Crippen LogP contribution in [0.3, 0.4) is 0 Å². The standard InChI is InChI=1S/C39H47F2N5O8S/c1-22-32-25(26-17-27(40)28(41)18-30(26)42-22)13-14-38(54-32)20-31-33(47)44-39(35(49)45-55(51,52)37(2)15-16-37)19-23(39)9-6-4-3-5-7-12-29(34(48)46(31)21-38)43-36(50)53-24-10-8-11-24/h6,9,17-18,23-24,29,31H,3-5,7-8,10-16,19-21H2,1-2H3,(H,43,50)(H,44,47)(H,45,49)/b9-6-/t23-,29+,31+,38-,39-/m1/s1. The van der Waals surface area contributed by atoms with E-state index >= 15 is 0 Å². The lowest BCUT2D eigenvalue weighted by molar-refractivity contribution is -0.141. The second-order valence-corrected chi connectivity index (χ2v) is 18.8. The van der Waals surface area contributed by atoms with E-state index in [2.05, 4.69) is 20.3 Å². The number of benzene rings is 1. The molecular weight excluding hydrogens is 737 g/mol. The molecule has 1 saturated heterocycles. The summed E-state index contributed by atoms with van der Waals surface area (Å²) < 4.78 is 68.4. The summed E-state index contributed by atoms with van der Waals surface area (Å²) in [5, 5.41) is 6.07. The number of fused-ring (bicyclic) bond motifs is 5. The van der Waals surface area contributed by atoms with Crippen molar-refractivity contribution >= 4 is 44.7 Å². The molecule has 1 aromatic carbocycles. The van der Waals surface area contributed by atoms with Crippen LogP contribution in [0.15, 0.2) is 24.3 Å². The van der Waals surface area contributed by atoms with E-state index in [0.717, 1.165) is 44.2 Å². The third-order valence-electron chi connectivity index (χ3n) is 12.6. The summed E-state index contributed by atoms with van der Waals surface area (Å²) in [5.41, 5.74) is -1.33. The molecule has 1 aromatic heterocycles. The van der Waals surface area contributed by atoms with Crippen LogP contribution in [0.2, 0.25) is 0 Å². The van der Waals surface area contributed by atoms with Gasteiger partial charge in [-0.15, -0.1) is 0 Å². The number of pyridine rings is 1. The number of hydrogen-bond donors (Lipinski definition) is 3. The van der Waals surface area contributed by atoms with E-state index in [-0.39, 0.29) is 31.0 Å². The third kappa shape index (κ3) is 6.92. The topological polar surface area (TPSA) is 173 Å². The van der Waals surface area contributed by atoms with Crippen molar-refractivity contribution in [1.82, 2.24) is 25.2 Å². The molecule has 0 radical (unpaired) electrons. The molecule has 3 N–H and O–H groups in total. The molecule has 4 fully saturated rings. The van der Waals surface area contributed by atoms with Crippen LogP contribution in [0.25, 0.3) is 10.9 Å². The Balaban J connectivity index is 1.13. The predicted octanol–water partition coefficient (Wildman–Crippen LogP) is 4.53. The minimum Gasteiger partial charge on any atom is -0.483 e. The van der Waals surface area contributed by atoms with Gasteiger partial charge in [0.25, 0.3) is 5.91 Å². The Bertz CT molecular complexity index is 2110. The molecule has 296 valence electrons. The molecule has 5 atom stereocenters. The number of sulfonamides is 1. The third-order valence-corrected chi connectivity index (χ3v) is 14.8. The SMILES string of the molecule is Cc1nc2cc(F)c(F)cc2c2c1O[C@]1(CC2)C[C@H]2C(=O)N[C@]3(C(=O)NS(=O)(=O)C4(C)CC4)C[C@H]3/C=C\CCCCC[C@H](NC(=O)OC3CCC3)C(=O)N2C1. The normalized spacial score (nSPS) is 31.0. The van der Waals surface area contributed by atoms with Gasteiger partial charge < -0.3 is 25.0 Å². The summed E-state index contributed by atoms with van der Waals surface area (Å²) in [6, 6.07) is -0.0433. The zero-order valence-corrected chi connectivity index (χ0v) is 31.9. The molecular formula is C39H47F2N5O8S. The van der Waals surface area contributed by atoms with E-state index in [1.165, 1.54) is 4.90 Å². The average Bonchev–Trinajstić information content (AvgIpc) is 4.01. The first-order valence-corrected chi connectivity index (χ1v) is 20.9. The van der Waals surface area contributed by atoms with E-state index in [0.29, 0.717) is 67.3 Å². The van der Waals surface area contributed by atoms with Crippen molar-refractivity contribution in [3.8, 4) is 5.75 Å². The highest BCUT2D eigenvalue weighted by molar-refractivity contribution is 7.91. The van der Waals surface area contributed by atoms with E-state index in [4.69, 9.17) is 9.47 Å². The minimum absolute atomic E-state index is 0.00703. The molecule has 3 saturated carbocycles. The largest absolute Gasteiger partial charge is 0.483 e. The van der Waals surface area contributed by atoms with E-state index in [1.807, 2.05) is 12.2 Å². The van der Waals surface area contributed by atoms with Crippen LogP contribution < -0.4 is 20.1 Å². The summed E-state index contributed by atoms with van der Waals surface area (Å²) in [5.74, 6) is -4.13. The number of carbonyl (C=O) groups is 4. The van der Waals surface area contributed by atoms with Crippen molar-refractivity contribution in [1.29, 1.82) is 0 Å². The van der Waals surface area contributed by atoms with Gasteiger partial charge >= 0.3 is 6.09 Å². The maximum Gasteiger partial charge on any atom is 0.408 e. The van der Waals surface area contributed by atoms with Crippen LogP contribution in [-0.2, 0) is 35.6 Å². The van der Waals surface area contributed by atoms with Gasteiger partial charge in [0.1, 0.15) is 35.1 Å². The lowest BCUT2D eigenvalue weighted by Gasteiger charge is -2.36. The number of nitrogens with one attached hydrogen (secondary N) is 3. The lowest BCUT2D eigenvalue weighted by atomic mass is 9.87. The molecule has 13 nitrogen and oxygen atoms in total. The second-order valence-electron chi connectivity index (χ2n) is 16.6. The number of alkyl carbamates (subject to hydrolysis) is 1.